The number of aromatic nitrogens is 1. The summed E-state index contributed by atoms with van der Waals surface area (Å²) in [6, 6.07) is 11.2. The fourth-order valence-corrected chi connectivity index (χ4v) is 4.72. The Morgan fingerprint density at radius 2 is 1.87 bits per heavy atom. The molecule has 2 aliphatic rings. The number of morpholine rings is 1. The second-order valence-corrected chi connectivity index (χ2v) is 10.8. The van der Waals surface area contributed by atoms with Crippen molar-refractivity contribution < 1.29 is 19.1 Å². The monoisotopic (exact) mass is 524 g/mol. The number of carbonyl (C=O) groups excluding carboxylic acids is 2. The smallest absolute Gasteiger partial charge is 0.318 e. The molecule has 0 aliphatic carbocycles. The second-order valence-electron chi connectivity index (χ2n) is 10.8. The lowest BCUT2D eigenvalue weighted by atomic mass is 10.0. The van der Waals surface area contributed by atoms with E-state index in [0.717, 1.165) is 35.8 Å². The number of hydrazone groups is 1. The SMILES string of the molecule is COc1ccc([C@@H]2CC(c3cccn3C)=NN2C(=O)CN(CCN2CCOCC2)C(=O)NC(C)(C)C)cc1. The van der Waals surface area contributed by atoms with Crippen LogP contribution in [0.1, 0.15) is 44.5 Å². The van der Waals surface area contributed by atoms with Crippen LogP contribution in [0.25, 0.3) is 0 Å². The predicted octanol–water partition coefficient (Wildman–Crippen LogP) is 2.85. The highest BCUT2D eigenvalue weighted by atomic mass is 16.5. The van der Waals surface area contributed by atoms with E-state index >= 15 is 0 Å². The Morgan fingerprint density at radius 1 is 1.16 bits per heavy atom. The van der Waals surface area contributed by atoms with Gasteiger partial charge in [-0.2, -0.15) is 5.10 Å². The minimum Gasteiger partial charge on any atom is -0.497 e. The molecule has 1 aromatic carbocycles. The summed E-state index contributed by atoms with van der Waals surface area (Å²) in [4.78, 5) is 30.9. The molecule has 0 saturated carbocycles. The van der Waals surface area contributed by atoms with E-state index in [2.05, 4.69) is 10.2 Å². The number of methoxy groups -OCH3 is 1. The molecule has 0 spiro atoms. The Morgan fingerprint density at radius 3 is 2.47 bits per heavy atom. The first-order chi connectivity index (χ1) is 18.1. The summed E-state index contributed by atoms with van der Waals surface area (Å²) in [7, 11) is 3.60. The first-order valence-electron chi connectivity index (χ1n) is 13.2. The number of rotatable bonds is 8. The van der Waals surface area contributed by atoms with Gasteiger partial charge in [0.25, 0.3) is 5.91 Å². The van der Waals surface area contributed by atoms with Crippen LogP contribution in [0.5, 0.6) is 5.75 Å². The van der Waals surface area contributed by atoms with Crippen LogP contribution in [0.2, 0.25) is 0 Å². The Bertz CT molecular complexity index is 1130. The van der Waals surface area contributed by atoms with E-state index in [0.29, 0.717) is 32.7 Å². The predicted molar refractivity (Wildman–Crippen MR) is 146 cm³/mol. The van der Waals surface area contributed by atoms with Crippen molar-refractivity contribution in [2.24, 2.45) is 12.1 Å². The number of aryl methyl sites for hydroxylation is 1. The molecule has 0 radical (unpaired) electrons. The van der Waals surface area contributed by atoms with E-state index in [1.807, 2.05) is 75.0 Å². The molecule has 1 N–H and O–H groups in total. The van der Waals surface area contributed by atoms with Gasteiger partial charge in [0.2, 0.25) is 0 Å². The van der Waals surface area contributed by atoms with Crippen LogP contribution < -0.4 is 10.1 Å². The number of hydrogen-bond donors (Lipinski definition) is 1. The van der Waals surface area contributed by atoms with E-state index in [1.165, 1.54) is 0 Å². The van der Waals surface area contributed by atoms with Crippen molar-refractivity contribution in [2.75, 3.05) is 53.0 Å². The normalized spacial score (nSPS) is 18.3. The highest BCUT2D eigenvalue weighted by Crippen LogP contribution is 2.33. The third kappa shape index (κ3) is 6.93. The molecular weight excluding hydrogens is 484 g/mol. The van der Waals surface area contributed by atoms with Crippen LogP contribution in [-0.4, -0.2) is 95.6 Å². The zero-order valence-corrected chi connectivity index (χ0v) is 23.1. The van der Waals surface area contributed by atoms with Crippen molar-refractivity contribution in [1.29, 1.82) is 0 Å². The van der Waals surface area contributed by atoms with Crippen LogP contribution in [0.3, 0.4) is 0 Å². The standard InChI is InChI=1S/C28H40N6O4/c1-28(2,3)29-27(36)33(14-13-32-15-17-38-18-16-32)20-26(35)34-25(21-8-10-22(37-5)11-9-21)19-23(30-34)24-7-6-12-31(24)4/h6-12,25H,13-20H2,1-5H3,(H,29,36)/t25-/m0/s1. The Labute approximate surface area is 225 Å². The molecule has 0 unspecified atom stereocenters. The minimum absolute atomic E-state index is 0.0666. The van der Waals surface area contributed by atoms with Crippen molar-refractivity contribution in [3.63, 3.8) is 0 Å². The van der Waals surface area contributed by atoms with E-state index < -0.39 is 5.54 Å². The molecule has 3 amide bonds. The lowest BCUT2D eigenvalue weighted by Gasteiger charge is -2.32. The van der Waals surface area contributed by atoms with Crippen LogP contribution in [-0.2, 0) is 16.6 Å². The number of amides is 3. The number of urea groups is 1. The van der Waals surface area contributed by atoms with Gasteiger partial charge in [0.15, 0.2) is 0 Å². The minimum atomic E-state index is -0.422. The zero-order valence-electron chi connectivity index (χ0n) is 23.1. The maximum Gasteiger partial charge on any atom is 0.318 e. The van der Waals surface area contributed by atoms with Crippen LogP contribution in [0.4, 0.5) is 4.79 Å². The van der Waals surface area contributed by atoms with Crippen molar-refractivity contribution >= 4 is 17.6 Å². The first kappa shape index (κ1) is 27.7. The fraction of sp³-hybridized carbons (Fsp3) is 0.536. The third-order valence-electron chi connectivity index (χ3n) is 6.79. The van der Waals surface area contributed by atoms with E-state index in [9.17, 15) is 9.59 Å². The molecule has 10 nitrogen and oxygen atoms in total. The number of ether oxygens (including phenoxy) is 2. The molecule has 206 valence electrons. The van der Waals surface area contributed by atoms with Gasteiger partial charge in [-0.1, -0.05) is 12.1 Å². The van der Waals surface area contributed by atoms with Gasteiger partial charge < -0.3 is 24.3 Å². The molecular formula is C28H40N6O4. The van der Waals surface area contributed by atoms with E-state index in [4.69, 9.17) is 14.6 Å². The number of hydrogen-bond acceptors (Lipinski definition) is 6. The molecule has 1 saturated heterocycles. The molecule has 1 atom stereocenters. The van der Waals surface area contributed by atoms with Gasteiger partial charge in [0.05, 0.1) is 37.8 Å². The summed E-state index contributed by atoms with van der Waals surface area (Å²) in [5.74, 6) is 0.530. The quantitative estimate of drug-likeness (QED) is 0.574. The maximum absolute atomic E-state index is 13.8. The Balaban J connectivity index is 1.56. The highest BCUT2D eigenvalue weighted by Gasteiger charge is 2.35. The summed E-state index contributed by atoms with van der Waals surface area (Å²) in [5, 5.41) is 9.36. The van der Waals surface area contributed by atoms with Gasteiger partial charge in [-0.15, -0.1) is 0 Å². The van der Waals surface area contributed by atoms with Gasteiger partial charge in [0.1, 0.15) is 12.3 Å². The molecule has 4 rings (SSSR count). The third-order valence-corrected chi connectivity index (χ3v) is 6.79. The Kier molecular flexibility index (Phi) is 8.73. The van der Waals surface area contributed by atoms with Crippen molar-refractivity contribution in [2.45, 2.75) is 38.8 Å². The largest absolute Gasteiger partial charge is 0.497 e. The topological polar surface area (TPSA) is 91.6 Å². The van der Waals surface area contributed by atoms with Crippen molar-refractivity contribution in [3.8, 4) is 5.75 Å². The lowest BCUT2D eigenvalue weighted by Crippen LogP contribution is -2.53. The average Bonchev–Trinajstić information content (AvgIpc) is 3.52. The average molecular weight is 525 g/mol. The molecule has 2 aliphatic heterocycles. The molecule has 0 bridgehead atoms. The number of carbonyl (C=O) groups is 2. The highest BCUT2D eigenvalue weighted by molar-refractivity contribution is 6.02. The van der Waals surface area contributed by atoms with Crippen molar-refractivity contribution in [3.05, 3.63) is 53.9 Å². The summed E-state index contributed by atoms with van der Waals surface area (Å²) >= 11 is 0. The van der Waals surface area contributed by atoms with Gasteiger partial charge in [-0.25, -0.2) is 9.80 Å². The first-order valence-corrected chi connectivity index (χ1v) is 13.2. The second kappa shape index (κ2) is 12.0. The summed E-state index contributed by atoms with van der Waals surface area (Å²) in [5.41, 5.74) is 2.35. The number of nitrogens with zero attached hydrogens (tertiary/aromatic N) is 5. The maximum atomic E-state index is 13.8. The zero-order chi connectivity index (χ0) is 27.3. The van der Waals surface area contributed by atoms with E-state index in [-0.39, 0.29) is 24.5 Å². The molecule has 10 heteroatoms. The molecule has 3 heterocycles. The fourth-order valence-electron chi connectivity index (χ4n) is 4.72. The van der Waals surface area contributed by atoms with Gasteiger partial charge in [0, 0.05) is 51.4 Å². The molecule has 1 aromatic heterocycles. The van der Waals surface area contributed by atoms with Crippen molar-refractivity contribution in [1.82, 2.24) is 24.7 Å². The van der Waals surface area contributed by atoms with Gasteiger partial charge in [-0.3, -0.25) is 9.69 Å². The molecule has 38 heavy (non-hydrogen) atoms. The summed E-state index contributed by atoms with van der Waals surface area (Å²) < 4.78 is 12.8. The van der Waals surface area contributed by atoms with E-state index in [1.54, 1.807) is 17.0 Å². The van der Waals surface area contributed by atoms with Gasteiger partial charge in [-0.05, 0) is 50.6 Å². The summed E-state index contributed by atoms with van der Waals surface area (Å²) in [6.45, 7) is 9.84. The molecule has 1 fully saturated rings. The number of benzene rings is 1. The van der Waals surface area contributed by atoms with Crippen LogP contribution in [0, 0.1) is 0 Å². The molecule has 2 aromatic rings. The summed E-state index contributed by atoms with van der Waals surface area (Å²) in [6.07, 6.45) is 2.55. The number of nitrogens with one attached hydrogen (secondary N) is 1. The van der Waals surface area contributed by atoms with Gasteiger partial charge >= 0.3 is 6.03 Å². The van der Waals surface area contributed by atoms with Crippen LogP contribution >= 0.6 is 0 Å². The lowest BCUT2D eigenvalue weighted by molar-refractivity contribution is -0.133. The van der Waals surface area contributed by atoms with Crippen LogP contribution in [0.15, 0.2) is 47.7 Å². The Hall–Kier alpha value is -3.37.